The van der Waals surface area contributed by atoms with E-state index in [1.165, 1.54) is 12.3 Å². The molecule has 1 N–H and O–H groups in total. The predicted molar refractivity (Wildman–Crippen MR) is 117 cm³/mol. The lowest BCUT2D eigenvalue weighted by atomic mass is 9.98. The second-order valence-electron chi connectivity index (χ2n) is 7.64. The summed E-state index contributed by atoms with van der Waals surface area (Å²) < 4.78 is 49.9. The van der Waals surface area contributed by atoms with E-state index in [0.29, 0.717) is 17.9 Å². The number of rotatable bonds is 5. The number of ketones is 1. The van der Waals surface area contributed by atoms with Crippen LogP contribution >= 0.6 is 0 Å². The molecular formula is C25H20F3NO5. The fourth-order valence-corrected chi connectivity index (χ4v) is 3.90. The van der Waals surface area contributed by atoms with E-state index < -0.39 is 35.2 Å². The summed E-state index contributed by atoms with van der Waals surface area (Å²) in [5, 5.41) is 11.1. The molecule has 1 aliphatic heterocycles. The number of hydrogen-bond donors (Lipinski definition) is 1. The molecule has 0 saturated carbocycles. The maximum Gasteiger partial charge on any atom is 0.416 e. The summed E-state index contributed by atoms with van der Waals surface area (Å²) >= 11 is 0. The van der Waals surface area contributed by atoms with Crippen molar-refractivity contribution in [2.45, 2.75) is 26.1 Å². The Morgan fingerprint density at radius 3 is 2.38 bits per heavy atom. The van der Waals surface area contributed by atoms with Gasteiger partial charge in [0.15, 0.2) is 0 Å². The van der Waals surface area contributed by atoms with Crippen molar-refractivity contribution in [3.05, 3.63) is 88.9 Å². The van der Waals surface area contributed by atoms with Gasteiger partial charge < -0.3 is 14.3 Å². The van der Waals surface area contributed by atoms with E-state index in [2.05, 4.69) is 0 Å². The van der Waals surface area contributed by atoms with Gasteiger partial charge in [-0.15, -0.1) is 0 Å². The molecule has 9 heteroatoms. The highest BCUT2D eigenvalue weighted by Crippen LogP contribution is 2.43. The van der Waals surface area contributed by atoms with E-state index in [1.54, 1.807) is 31.2 Å². The summed E-state index contributed by atoms with van der Waals surface area (Å²) in [6.07, 6.45) is -3.22. The number of anilines is 1. The third-order valence-corrected chi connectivity index (χ3v) is 5.48. The van der Waals surface area contributed by atoms with Crippen LogP contribution < -0.4 is 9.64 Å². The quantitative estimate of drug-likeness (QED) is 0.296. The highest BCUT2D eigenvalue weighted by Gasteiger charge is 2.48. The number of benzene rings is 2. The van der Waals surface area contributed by atoms with Gasteiger partial charge in [0.1, 0.15) is 23.3 Å². The topological polar surface area (TPSA) is 80.0 Å². The van der Waals surface area contributed by atoms with Gasteiger partial charge in [0.2, 0.25) is 0 Å². The zero-order chi connectivity index (χ0) is 24.6. The third kappa shape index (κ3) is 4.05. The molecule has 1 aliphatic rings. The van der Waals surface area contributed by atoms with Crippen molar-refractivity contribution in [2.75, 3.05) is 11.5 Å². The van der Waals surface area contributed by atoms with Gasteiger partial charge in [-0.1, -0.05) is 0 Å². The van der Waals surface area contributed by atoms with Gasteiger partial charge in [-0.2, -0.15) is 13.2 Å². The number of amides is 1. The minimum absolute atomic E-state index is 0.0541. The molecule has 176 valence electrons. The molecule has 1 fully saturated rings. The van der Waals surface area contributed by atoms with E-state index in [1.807, 2.05) is 6.92 Å². The second kappa shape index (κ2) is 8.74. The first-order valence-corrected chi connectivity index (χ1v) is 10.4. The van der Waals surface area contributed by atoms with Gasteiger partial charge in [0, 0.05) is 11.3 Å². The highest BCUT2D eigenvalue weighted by atomic mass is 19.4. The fraction of sp³-hybridized carbons (Fsp3) is 0.200. The zero-order valence-corrected chi connectivity index (χ0v) is 18.2. The molecule has 1 atom stereocenters. The third-order valence-electron chi connectivity index (χ3n) is 5.48. The summed E-state index contributed by atoms with van der Waals surface area (Å²) in [7, 11) is 0. The molecular weight excluding hydrogens is 451 g/mol. The van der Waals surface area contributed by atoms with Crippen LogP contribution in [0.2, 0.25) is 0 Å². The molecule has 0 bridgehead atoms. The number of halogens is 3. The number of aliphatic hydroxyl groups excluding tert-OH is 1. The molecule has 0 aliphatic carbocycles. The lowest BCUT2D eigenvalue weighted by molar-refractivity contribution is -0.137. The van der Waals surface area contributed by atoms with Gasteiger partial charge in [0.05, 0.1) is 24.0 Å². The van der Waals surface area contributed by atoms with E-state index in [4.69, 9.17) is 9.15 Å². The van der Waals surface area contributed by atoms with Crippen molar-refractivity contribution in [1.82, 2.24) is 0 Å². The number of alkyl halides is 3. The molecule has 1 amide bonds. The Morgan fingerprint density at radius 2 is 1.82 bits per heavy atom. The van der Waals surface area contributed by atoms with Crippen LogP contribution in [0.15, 0.2) is 70.9 Å². The number of ether oxygens (including phenoxy) is 1. The zero-order valence-electron chi connectivity index (χ0n) is 18.2. The molecule has 0 spiro atoms. The number of nitrogens with zero attached hydrogens (tertiary/aromatic N) is 1. The number of aryl methyl sites for hydroxylation is 1. The smallest absolute Gasteiger partial charge is 0.416 e. The van der Waals surface area contributed by atoms with Crippen LogP contribution in [0.25, 0.3) is 5.76 Å². The monoisotopic (exact) mass is 471 g/mol. The summed E-state index contributed by atoms with van der Waals surface area (Å²) in [4.78, 5) is 27.0. The Kier molecular flexibility index (Phi) is 5.95. The first-order chi connectivity index (χ1) is 16.1. The maximum atomic E-state index is 13.0. The fourth-order valence-electron chi connectivity index (χ4n) is 3.90. The standard InChI is InChI=1S/C25H20F3NO5/c1-3-33-18-11-6-15(13-14(18)2)22(30)20-21(19-5-4-12-34-19)29(24(32)23(20)31)17-9-7-16(8-10-17)25(26,27)28/h4-13,21,30H,3H2,1-2H3/b22-20-. The molecule has 1 aromatic heterocycles. The maximum absolute atomic E-state index is 13.0. The molecule has 34 heavy (non-hydrogen) atoms. The van der Waals surface area contributed by atoms with Crippen molar-refractivity contribution in [2.24, 2.45) is 0 Å². The van der Waals surface area contributed by atoms with Crippen molar-refractivity contribution < 1.29 is 37.0 Å². The average Bonchev–Trinajstić information content (AvgIpc) is 3.41. The minimum atomic E-state index is -4.56. The Morgan fingerprint density at radius 1 is 1.12 bits per heavy atom. The molecule has 6 nitrogen and oxygen atoms in total. The van der Waals surface area contributed by atoms with Gasteiger partial charge in [-0.3, -0.25) is 14.5 Å². The Hall–Kier alpha value is -4.01. The predicted octanol–water partition coefficient (Wildman–Crippen LogP) is 5.63. The van der Waals surface area contributed by atoms with Crippen LogP contribution in [0, 0.1) is 6.92 Å². The second-order valence-corrected chi connectivity index (χ2v) is 7.64. The number of aliphatic hydroxyl groups is 1. The first kappa shape index (κ1) is 23.2. The van der Waals surface area contributed by atoms with Gasteiger partial charge in [-0.05, 0) is 74.0 Å². The van der Waals surface area contributed by atoms with Crippen LogP contribution in [-0.4, -0.2) is 23.4 Å². The van der Waals surface area contributed by atoms with E-state index >= 15 is 0 Å². The normalized spacial score (nSPS) is 17.9. The van der Waals surface area contributed by atoms with Crippen LogP contribution in [0.1, 0.15) is 35.4 Å². The summed E-state index contributed by atoms with van der Waals surface area (Å²) in [6, 6.07) is 10.6. The molecule has 1 saturated heterocycles. The average molecular weight is 471 g/mol. The Balaban J connectivity index is 1.84. The van der Waals surface area contributed by atoms with Crippen LogP contribution in [-0.2, 0) is 15.8 Å². The van der Waals surface area contributed by atoms with Crippen LogP contribution in [0.5, 0.6) is 5.75 Å². The first-order valence-electron chi connectivity index (χ1n) is 10.4. The van der Waals surface area contributed by atoms with Crippen LogP contribution in [0.4, 0.5) is 18.9 Å². The molecule has 1 unspecified atom stereocenters. The van der Waals surface area contributed by atoms with E-state index in [9.17, 15) is 27.9 Å². The van der Waals surface area contributed by atoms with Crippen molar-refractivity contribution in [3.63, 3.8) is 0 Å². The lowest BCUT2D eigenvalue weighted by Crippen LogP contribution is -2.29. The summed E-state index contributed by atoms with van der Waals surface area (Å²) in [5.74, 6) is -1.63. The number of carbonyl (C=O) groups excluding carboxylic acids is 2. The van der Waals surface area contributed by atoms with Gasteiger partial charge in [0.25, 0.3) is 11.7 Å². The van der Waals surface area contributed by atoms with Gasteiger partial charge >= 0.3 is 6.18 Å². The molecule has 2 aromatic carbocycles. The number of carbonyl (C=O) groups is 2. The lowest BCUT2D eigenvalue weighted by Gasteiger charge is -2.23. The molecule has 3 aromatic rings. The minimum Gasteiger partial charge on any atom is -0.507 e. The van der Waals surface area contributed by atoms with Crippen LogP contribution in [0.3, 0.4) is 0 Å². The van der Waals surface area contributed by atoms with Crippen molar-refractivity contribution in [1.29, 1.82) is 0 Å². The van der Waals surface area contributed by atoms with E-state index in [-0.39, 0.29) is 22.6 Å². The number of Topliss-reactive ketones (excluding diaryl/α,β-unsaturated/α-hetero) is 1. The van der Waals surface area contributed by atoms with E-state index in [0.717, 1.165) is 29.2 Å². The van der Waals surface area contributed by atoms with Crippen molar-refractivity contribution in [3.8, 4) is 5.75 Å². The van der Waals surface area contributed by atoms with Crippen molar-refractivity contribution >= 4 is 23.1 Å². The Bertz CT molecular complexity index is 1260. The summed E-state index contributed by atoms with van der Waals surface area (Å²) in [6.45, 7) is 4.05. The molecule has 0 radical (unpaired) electrons. The van der Waals surface area contributed by atoms with Gasteiger partial charge in [-0.25, -0.2) is 0 Å². The summed E-state index contributed by atoms with van der Waals surface area (Å²) in [5.41, 5.74) is -0.0885. The number of hydrogen-bond acceptors (Lipinski definition) is 5. The molecule has 4 rings (SSSR count). The number of furan rings is 1. The Labute approximate surface area is 192 Å². The molecule has 2 heterocycles. The highest BCUT2D eigenvalue weighted by molar-refractivity contribution is 6.51. The largest absolute Gasteiger partial charge is 0.507 e. The SMILES string of the molecule is CCOc1ccc(/C(O)=C2/C(=O)C(=O)N(c3ccc(C(F)(F)F)cc3)C2c2ccco2)cc1C.